The third kappa shape index (κ3) is 3.75. The van der Waals surface area contributed by atoms with Gasteiger partial charge in [-0.1, -0.05) is 121 Å². The topological polar surface area (TPSA) is 9.86 Å². The van der Waals surface area contributed by atoms with E-state index in [-0.39, 0.29) is 22.2 Å². The molecule has 7 aromatic carbocycles. The minimum absolute atomic E-state index is 0.0246. The molecule has 0 bridgehead atoms. The first-order chi connectivity index (χ1) is 30.2. The Morgan fingerprint density at radius 3 is 1.23 bits per heavy atom. The van der Waals surface area contributed by atoms with Crippen molar-refractivity contribution in [2.75, 3.05) is 0 Å². The van der Waals surface area contributed by atoms with Crippen molar-refractivity contribution < 1.29 is 27.4 Å². The van der Waals surface area contributed by atoms with Crippen molar-refractivity contribution in [3.63, 3.8) is 0 Å². The summed E-state index contributed by atoms with van der Waals surface area (Å²) in [6, 6.07) is -0.790. The molecular formula is C42H28N2. The van der Waals surface area contributed by atoms with Crippen LogP contribution in [0.15, 0.2) is 169 Å². The number of rotatable bonds is 4. The van der Waals surface area contributed by atoms with E-state index >= 15 is 0 Å². The molecule has 0 aliphatic rings. The van der Waals surface area contributed by atoms with E-state index in [0.29, 0.717) is 27.1 Å². The molecule has 0 amide bonds. The van der Waals surface area contributed by atoms with Gasteiger partial charge in [-0.05, 0) is 70.6 Å². The monoisotopic (exact) mass is 580 g/mol. The molecule has 0 fully saturated rings. The van der Waals surface area contributed by atoms with Gasteiger partial charge in [0.2, 0.25) is 0 Å². The summed E-state index contributed by atoms with van der Waals surface area (Å²) in [6.07, 6.45) is 0. The van der Waals surface area contributed by atoms with Crippen LogP contribution >= 0.6 is 0 Å². The molecule has 2 aromatic heterocycles. The maximum Gasteiger partial charge on any atom is 0.0646 e. The van der Waals surface area contributed by atoms with Crippen LogP contribution in [-0.4, -0.2) is 9.13 Å². The second-order valence-corrected chi connectivity index (χ2v) is 9.85. The first-order valence-corrected chi connectivity index (χ1v) is 13.5. The van der Waals surface area contributed by atoms with E-state index < -0.39 is 149 Å². The Balaban J connectivity index is 1.38. The van der Waals surface area contributed by atoms with Gasteiger partial charge in [0.1, 0.15) is 0 Å². The van der Waals surface area contributed by atoms with Gasteiger partial charge in [0.15, 0.2) is 0 Å². The normalized spacial score (nSPS) is 18.0. The predicted molar refractivity (Wildman–Crippen MR) is 186 cm³/mol. The number of hydrogen-bond acceptors (Lipinski definition) is 0. The highest BCUT2D eigenvalue weighted by Gasteiger charge is 2.20. The van der Waals surface area contributed by atoms with E-state index in [1.165, 1.54) is 9.13 Å². The zero-order valence-corrected chi connectivity index (χ0v) is 22.5. The second-order valence-electron chi connectivity index (χ2n) is 9.85. The van der Waals surface area contributed by atoms with Crippen LogP contribution in [0.2, 0.25) is 0 Å². The van der Waals surface area contributed by atoms with Crippen molar-refractivity contribution in [2.45, 2.75) is 0 Å². The van der Waals surface area contributed by atoms with Crippen LogP contribution in [0.5, 0.6) is 0 Å². The second kappa shape index (κ2) is 9.86. The Hall–Kier alpha value is -5.86. The Kier molecular flexibility index (Phi) is 2.70. The number of hydrogen-bond donors (Lipinski definition) is 0. The smallest absolute Gasteiger partial charge is 0.0646 e. The van der Waals surface area contributed by atoms with E-state index in [1.807, 2.05) is 0 Å². The molecule has 0 spiro atoms. The van der Waals surface area contributed by atoms with Gasteiger partial charge < -0.3 is 9.13 Å². The first-order valence-electron chi connectivity index (χ1n) is 23.5. The summed E-state index contributed by atoms with van der Waals surface area (Å²) in [7, 11) is 0. The molecule has 0 unspecified atom stereocenters. The Morgan fingerprint density at radius 2 is 0.727 bits per heavy atom. The maximum atomic E-state index is 9.55. The summed E-state index contributed by atoms with van der Waals surface area (Å²) >= 11 is 0. The van der Waals surface area contributed by atoms with Gasteiger partial charge >= 0.3 is 0 Å². The molecule has 0 atom stereocenters. The summed E-state index contributed by atoms with van der Waals surface area (Å²) in [5.74, 6) is 0. The number of fused-ring (bicyclic) bond motifs is 7. The van der Waals surface area contributed by atoms with Gasteiger partial charge in [-0.15, -0.1) is 0 Å². The van der Waals surface area contributed by atoms with Crippen molar-refractivity contribution in [1.82, 2.24) is 9.13 Å². The highest BCUT2D eigenvalue weighted by atomic mass is 15.0. The third-order valence-corrected chi connectivity index (χ3v) is 7.47. The summed E-state index contributed by atoms with van der Waals surface area (Å²) in [6.45, 7) is 0. The average Bonchev–Trinajstić information content (AvgIpc) is 3.80. The van der Waals surface area contributed by atoms with Crippen LogP contribution in [0, 0.1) is 0 Å². The number of nitrogens with zero attached hydrogens (tertiary/aromatic N) is 2. The van der Waals surface area contributed by atoms with Crippen LogP contribution in [0.3, 0.4) is 0 Å². The van der Waals surface area contributed by atoms with Gasteiger partial charge in [-0.3, -0.25) is 0 Å². The van der Waals surface area contributed by atoms with Gasteiger partial charge in [-0.2, -0.15) is 0 Å². The highest BCUT2D eigenvalue weighted by molar-refractivity contribution is 6.28. The lowest BCUT2D eigenvalue weighted by molar-refractivity contribution is 1.17. The Bertz CT molecular complexity index is 3510. The summed E-state index contributed by atoms with van der Waals surface area (Å²) in [5, 5.41) is 1.56. The largest absolute Gasteiger partial charge is 0.309 e. The molecule has 44 heavy (non-hydrogen) atoms. The van der Waals surface area contributed by atoms with E-state index in [2.05, 4.69) is 0 Å². The van der Waals surface area contributed by atoms with Crippen LogP contribution in [0.25, 0.3) is 77.2 Å². The van der Waals surface area contributed by atoms with Gasteiger partial charge in [0.25, 0.3) is 0 Å². The molecule has 0 saturated heterocycles. The molecule has 0 saturated carbocycles. The van der Waals surface area contributed by atoms with E-state index in [1.54, 1.807) is 48.5 Å². The molecule has 0 aliphatic carbocycles. The molecule has 0 N–H and O–H groups in total. The first kappa shape index (κ1) is 12.0. The van der Waals surface area contributed by atoms with Crippen LogP contribution in [-0.2, 0) is 0 Å². The molecule has 9 rings (SSSR count). The fourth-order valence-electron chi connectivity index (χ4n) is 5.64. The summed E-state index contributed by atoms with van der Waals surface area (Å²) in [4.78, 5) is 0. The Morgan fingerprint density at radius 1 is 0.341 bits per heavy atom. The molecule has 9 aromatic rings. The summed E-state index contributed by atoms with van der Waals surface area (Å²) in [5.41, 5.74) is -2.50. The van der Waals surface area contributed by atoms with Crippen molar-refractivity contribution in [1.29, 1.82) is 0 Å². The molecule has 2 nitrogen and oxygen atoms in total. The van der Waals surface area contributed by atoms with Crippen LogP contribution in [0.1, 0.15) is 27.4 Å². The van der Waals surface area contributed by atoms with Crippen LogP contribution < -0.4 is 0 Å². The number of benzene rings is 7. The predicted octanol–water partition coefficient (Wildman–Crippen LogP) is 11.2. The van der Waals surface area contributed by atoms with E-state index in [0.717, 1.165) is 0 Å². The molecule has 206 valence electrons. The minimum Gasteiger partial charge on any atom is -0.309 e. The molecule has 2 heteroatoms. The van der Waals surface area contributed by atoms with Crippen LogP contribution in [0.4, 0.5) is 0 Å². The third-order valence-electron chi connectivity index (χ3n) is 7.47. The molecule has 2 heterocycles. The molecule has 0 aliphatic heterocycles. The van der Waals surface area contributed by atoms with Gasteiger partial charge in [-0.25, -0.2) is 0 Å². The van der Waals surface area contributed by atoms with Gasteiger partial charge in [0.05, 0.1) is 49.5 Å². The quantitative estimate of drug-likeness (QED) is 0.196. The lowest BCUT2D eigenvalue weighted by atomic mass is 10.0. The average molecular weight is 581 g/mol. The molecular weight excluding hydrogens is 532 g/mol. The van der Waals surface area contributed by atoms with Crippen molar-refractivity contribution in [3.8, 4) is 33.6 Å². The minimum atomic E-state index is -0.863. The highest BCUT2D eigenvalue weighted by Crippen LogP contribution is 2.42. The lowest BCUT2D eigenvalue weighted by Gasteiger charge is -2.10. The van der Waals surface area contributed by atoms with E-state index in [9.17, 15) is 8.22 Å². The van der Waals surface area contributed by atoms with Crippen molar-refractivity contribution in [2.24, 2.45) is 0 Å². The lowest BCUT2D eigenvalue weighted by Crippen LogP contribution is -1.94. The van der Waals surface area contributed by atoms with Gasteiger partial charge in [0, 0.05) is 32.9 Å². The standard InChI is InChI=1S/C42H28N2/c1-3-11-29(12-4-1)30-19-21-31(22-20-30)32-23-25-34(26-24-32)44-38-18-10-8-16-36(38)42-40(44)28-27-39-41(42)35-15-7-9-17-37(35)43(39)33-13-5-2-6-14-33/h1-28H/i1D,2D,3D,4D,5D,6D,11D,12D,13D,14D,19D,20D,21D,22D,23D,24D,25D,26D,27D,28D. The zero-order chi connectivity index (χ0) is 46.4. The fraction of sp³-hybridized carbons (Fsp3) is 0. The van der Waals surface area contributed by atoms with Crippen molar-refractivity contribution in [3.05, 3.63) is 169 Å². The Labute approximate surface area is 283 Å². The molecule has 0 radical (unpaired) electrons. The fourth-order valence-corrected chi connectivity index (χ4v) is 5.64. The zero-order valence-electron chi connectivity index (χ0n) is 42.5. The van der Waals surface area contributed by atoms with Crippen molar-refractivity contribution >= 4 is 43.6 Å². The number of aromatic nitrogens is 2. The number of para-hydroxylation sites is 3. The summed E-state index contributed by atoms with van der Waals surface area (Å²) < 4.78 is 178. The maximum absolute atomic E-state index is 9.55. The van der Waals surface area contributed by atoms with E-state index in [4.69, 9.17) is 19.2 Å². The SMILES string of the molecule is [2H]c1c([2H])c([2H])c(-c2c([2H])c([2H])c(-c3c([2H])c([2H])c(-n4c5ccccc5c5c6c7ccccc7n(-c7c([2H])c([2H])c([2H])c([2H])c7[2H])c6c([2H])c([2H])c54)c([2H])c3[2H])c([2H])c2[2H])c([2H])c1[2H].